The lowest BCUT2D eigenvalue weighted by Gasteiger charge is -2.19. The standard InChI is InChI=1S/C10H14ClN3O3/c1-5-7(3-13-10(11)14-5)9(17)8(16)4-12-6(2)15/h3,8-9,16-17H,4H2,1-2H3,(H,12,15). The summed E-state index contributed by atoms with van der Waals surface area (Å²) in [4.78, 5) is 18.3. The maximum absolute atomic E-state index is 10.7. The van der Waals surface area contributed by atoms with Crippen molar-refractivity contribution in [3.63, 3.8) is 0 Å². The molecule has 0 aliphatic carbocycles. The van der Waals surface area contributed by atoms with Gasteiger partial charge in [-0.15, -0.1) is 0 Å². The molecule has 1 aromatic rings. The topological polar surface area (TPSA) is 95.3 Å². The largest absolute Gasteiger partial charge is 0.388 e. The summed E-state index contributed by atoms with van der Waals surface area (Å²) in [7, 11) is 0. The molecule has 1 amide bonds. The van der Waals surface area contributed by atoms with Gasteiger partial charge < -0.3 is 15.5 Å². The fourth-order valence-corrected chi connectivity index (χ4v) is 1.48. The van der Waals surface area contributed by atoms with Crippen LogP contribution >= 0.6 is 11.6 Å². The number of aromatic nitrogens is 2. The van der Waals surface area contributed by atoms with Crippen LogP contribution in [0.15, 0.2) is 6.20 Å². The average Bonchev–Trinajstić information content (AvgIpc) is 2.25. The first-order chi connectivity index (χ1) is 7.91. The first kappa shape index (κ1) is 13.8. The second kappa shape index (κ2) is 5.90. The second-order valence-electron chi connectivity index (χ2n) is 3.63. The van der Waals surface area contributed by atoms with Gasteiger partial charge in [-0.25, -0.2) is 9.97 Å². The Kier molecular flexibility index (Phi) is 4.80. The number of hydrogen-bond acceptors (Lipinski definition) is 5. The molecule has 0 saturated heterocycles. The summed E-state index contributed by atoms with van der Waals surface area (Å²) >= 11 is 5.58. The summed E-state index contributed by atoms with van der Waals surface area (Å²) in [6.07, 6.45) is -0.937. The maximum Gasteiger partial charge on any atom is 0.222 e. The molecule has 0 bridgehead atoms. The minimum Gasteiger partial charge on any atom is -0.388 e. The zero-order valence-corrected chi connectivity index (χ0v) is 10.3. The normalized spacial score (nSPS) is 14.2. The third kappa shape index (κ3) is 3.92. The van der Waals surface area contributed by atoms with E-state index in [0.29, 0.717) is 11.3 Å². The highest BCUT2D eigenvalue weighted by Crippen LogP contribution is 2.19. The molecular formula is C10H14ClN3O3. The summed E-state index contributed by atoms with van der Waals surface area (Å²) < 4.78 is 0. The van der Waals surface area contributed by atoms with Crippen LogP contribution in [0.3, 0.4) is 0 Å². The van der Waals surface area contributed by atoms with Crippen molar-refractivity contribution >= 4 is 17.5 Å². The van der Waals surface area contributed by atoms with Crippen LogP contribution in [0.1, 0.15) is 24.3 Å². The first-order valence-corrected chi connectivity index (χ1v) is 5.39. The number of carbonyl (C=O) groups excluding carboxylic acids is 1. The number of amides is 1. The van der Waals surface area contributed by atoms with Gasteiger partial charge in [0, 0.05) is 30.9 Å². The van der Waals surface area contributed by atoms with Gasteiger partial charge in [0.05, 0.1) is 0 Å². The first-order valence-electron chi connectivity index (χ1n) is 5.01. The van der Waals surface area contributed by atoms with Crippen LogP contribution < -0.4 is 5.32 Å². The van der Waals surface area contributed by atoms with Gasteiger partial charge in [-0.1, -0.05) is 0 Å². The summed E-state index contributed by atoms with van der Waals surface area (Å²) in [5, 5.41) is 22.0. The molecule has 94 valence electrons. The van der Waals surface area contributed by atoms with Crippen LogP contribution in [0, 0.1) is 6.92 Å². The number of aryl methyl sites for hydroxylation is 1. The molecule has 2 unspecified atom stereocenters. The Morgan fingerprint density at radius 2 is 2.24 bits per heavy atom. The van der Waals surface area contributed by atoms with Gasteiger partial charge in [0.25, 0.3) is 0 Å². The lowest BCUT2D eigenvalue weighted by atomic mass is 10.1. The molecule has 1 rings (SSSR count). The van der Waals surface area contributed by atoms with E-state index in [1.54, 1.807) is 6.92 Å². The van der Waals surface area contributed by atoms with Crippen LogP contribution in [-0.2, 0) is 4.79 Å². The predicted octanol–water partition coefficient (Wildman–Crippen LogP) is -0.0312. The van der Waals surface area contributed by atoms with E-state index in [9.17, 15) is 15.0 Å². The van der Waals surface area contributed by atoms with Crippen molar-refractivity contribution in [2.45, 2.75) is 26.1 Å². The zero-order valence-electron chi connectivity index (χ0n) is 9.51. The Bertz CT molecular complexity index is 414. The summed E-state index contributed by atoms with van der Waals surface area (Å²) in [5.41, 5.74) is 0.867. The van der Waals surface area contributed by atoms with E-state index in [2.05, 4.69) is 15.3 Å². The van der Waals surface area contributed by atoms with Gasteiger partial charge in [0.2, 0.25) is 11.2 Å². The second-order valence-corrected chi connectivity index (χ2v) is 3.97. The monoisotopic (exact) mass is 259 g/mol. The molecule has 0 aliphatic rings. The van der Waals surface area contributed by atoms with Gasteiger partial charge in [0.1, 0.15) is 12.2 Å². The minimum absolute atomic E-state index is 0.0431. The fourth-order valence-electron chi connectivity index (χ4n) is 1.31. The van der Waals surface area contributed by atoms with Crippen LogP contribution in [-0.4, -0.2) is 38.7 Å². The molecule has 0 saturated carbocycles. The predicted molar refractivity (Wildman–Crippen MR) is 61.4 cm³/mol. The number of nitrogens with zero attached hydrogens (tertiary/aromatic N) is 2. The van der Waals surface area contributed by atoms with Crippen molar-refractivity contribution in [1.29, 1.82) is 0 Å². The van der Waals surface area contributed by atoms with Crippen LogP contribution in [0.2, 0.25) is 5.28 Å². The number of aliphatic hydroxyl groups is 2. The molecule has 3 N–H and O–H groups in total. The van der Waals surface area contributed by atoms with Gasteiger partial charge in [0.15, 0.2) is 0 Å². The van der Waals surface area contributed by atoms with E-state index in [1.807, 2.05) is 0 Å². The third-order valence-electron chi connectivity index (χ3n) is 2.23. The maximum atomic E-state index is 10.7. The highest BCUT2D eigenvalue weighted by molar-refractivity contribution is 6.28. The van der Waals surface area contributed by atoms with Gasteiger partial charge in [-0.3, -0.25) is 4.79 Å². The molecule has 0 radical (unpaired) electrons. The summed E-state index contributed by atoms with van der Waals surface area (Å²) in [5.74, 6) is -0.277. The SMILES string of the molecule is CC(=O)NCC(O)C(O)c1cnc(Cl)nc1C. The molecule has 0 fully saturated rings. The van der Waals surface area contributed by atoms with Crippen molar-refractivity contribution < 1.29 is 15.0 Å². The Labute approximate surface area is 104 Å². The molecule has 0 aromatic carbocycles. The lowest BCUT2D eigenvalue weighted by Crippen LogP contribution is -2.34. The lowest BCUT2D eigenvalue weighted by molar-refractivity contribution is -0.119. The van der Waals surface area contributed by atoms with E-state index in [-0.39, 0.29) is 17.7 Å². The van der Waals surface area contributed by atoms with Crippen LogP contribution in [0.25, 0.3) is 0 Å². The Hall–Kier alpha value is -1.24. The number of aliphatic hydroxyl groups excluding tert-OH is 2. The number of rotatable bonds is 4. The minimum atomic E-state index is -1.17. The van der Waals surface area contributed by atoms with Gasteiger partial charge in [-0.2, -0.15) is 0 Å². The van der Waals surface area contributed by atoms with Crippen molar-refractivity contribution in [1.82, 2.24) is 15.3 Å². The molecule has 7 heteroatoms. The van der Waals surface area contributed by atoms with Gasteiger partial charge in [-0.05, 0) is 18.5 Å². The van der Waals surface area contributed by atoms with Crippen molar-refractivity contribution in [2.75, 3.05) is 6.54 Å². The molecule has 0 spiro atoms. The third-order valence-corrected chi connectivity index (χ3v) is 2.41. The van der Waals surface area contributed by atoms with E-state index >= 15 is 0 Å². The van der Waals surface area contributed by atoms with Crippen LogP contribution in [0.5, 0.6) is 0 Å². The Morgan fingerprint density at radius 1 is 1.59 bits per heavy atom. The van der Waals surface area contributed by atoms with E-state index in [1.165, 1.54) is 13.1 Å². The molecule has 17 heavy (non-hydrogen) atoms. The zero-order chi connectivity index (χ0) is 13.0. The number of nitrogens with one attached hydrogen (secondary N) is 1. The van der Waals surface area contributed by atoms with Crippen molar-refractivity contribution in [3.05, 3.63) is 22.7 Å². The highest BCUT2D eigenvalue weighted by atomic mass is 35.5. The summed E-state index contributed by atoms with van der Waals surface area (Å²) in [6, 6.07) is 0. The average molecular weight is 260 g/mol. The van der Waals surface area contributed by atoms with Crippen LogP contribution in [0.4, 0.5) is 0 Å². The molecule has 1 aromatic heterocycles. The Balaban J connectivity index is 2.74. The van der Waals surface area contributed by atoms with Crippen molar-refractivity contribution in [2.24, 2.45) is 0 Å². The molecular weight excluding hydrogens is 246 g/mol. The summed E-state index contributed by atoms with van der Waals surface area (Å²) in [6.45, 7) is 2.94. The smallest absolute Gasteiger partial charge is 0.222 e. The quantitative estimate of drug-likeness (QED) is 0.660. The molecule has 1 heterocycles. The number of halogens is 1. The molecule has 6 nitrogen and oxygen atoms in total. The Morgan fingerprint density at radius 3 is 2.76 bits per heavy atom. The highest BCUT2D eigenvalue weighted by Gasteiger charge is 2.21. The molecule has 2 atom stereocenters. The van der Waals surface area contributed by atoms with Gasteiger partial charge >= 0.3 is 0 Å². The van der Waals surface area contributed by atoms with E-state index in [4.69, 9.17) is 11.6 Å². The fraction of sp³-hybridized carbons (Fsp3) is 0.500. The van der Waals surface area contributed by atoms with E-state index in [0.717, 1.165) is 0 Å². The molecule has 0 aliphatic heterocycles. The van der Waals surface area contributed by atoms with E-state index < -0.39 is 12.2 Å². The number of carbonyl (C=O) groups is 1. The van der Waals surface area contributed by atoms with Crippen molar-refractivity contribution in [3.8, 4) is 0 Å². The number of hydrogen-bond donors (Lipinski definition) is 3.